The SMILES string of the molecule is CC1OCCC1NCC(C)(C)c1ccccc1. The van der Waals surface area contributed by atoms with Crippen molar-refractivity contribution in [3.8, 4) is 0 Å². The van der Waals surface area contributed by atoms with Crippen LogP contribution in [0.5, 0.6) is 0 Å². The van der Waals surface area contributed by atoms with Gasteiger partial charge in [-0.1, -0.05) is 44.2 Å². The summed E-state index contributed by atoms with van der Waals surface area (Å²) in [5.74, 6) is 0. The van der Waals surface area contributed by atoms with Gasteiger partial charge in [0.1, 0.15) is 0 Å². The molecule has 1 heterocycles. The van der Waals surface area contributed by atoms with Crippen molar-refractivity contribution < 1.29 is 4.74 Å². The van der Waals surface area contributed by atoms with E-state index in [9.17, 15) is 0 Å². The van der Waals surface area contributed by atoms with Crippen molar-refractivity contribution >= 4 is 0 Å². The number of rotatable bonds is 4. The second kappa shape index (κ2) is 5.19. The maximum atomic E-state index is 5.57. The molecule has 0 spiro atoms. The van der Waals surface area contributed by atoms with Crippen molar-refractivity contribution in [1.82, 2.24) is 5.32 Å². The lowest BCUT2D eigenvalue weighted by molar-refractivity contribution is 0.112. The largest absolute Gasteiger partial charge is 0.377 e. The van der Waals surface area contributed by atoms with E-state index in [2.05, 4.69) is 56.4 Å². The average Bonchev–Trinajstić information content (AvgIpc) is 2.74. The summed E-state index contributed by atoms with van der Waals surface area (Å²) in [7, 11) is 0. The molecule has 1 aromatic rings. The number of nitrogens with one attached hydrogen (secondary N) is 1. The minimum absolute atomic E-state index is 0.170. The van der Waals surface area contributed by atoms with Gasteiger partial charge in [-0.15, -0.1) is 0 Å². The first-order chi connectivity index (χ1) is 8.09. The third-order valence-corrected chi connectivity index (χ3v) is 3.74. The smallest absolute Gasteiger partial charge is 0.0700 e. The lowest BCUT2D eigenvalue weighted by atomic mass is 9.84. The van der Waals surface area contributed by atoms with Crippen LogP contribution in [0.3, 0.4) is 0 Å². The molecular formula is C15H23NO. The lowest BCUT2D eigenvalue weighted by Gasteiger charge is -2.28. The van der Waals surface area contributed by atoms with Crippen LogP contribution in [0.1, 0.15) is 32.8 Å². The number of benzene rings is 1. The van der Waals surface area contributed by atoms with Crippen molar-refractivity contribution in [1.29, 1.82) is 0 Å². The minimum atomic E-state index is 0.170. The molecule has 0 saturated carbocycles. The Morgan fingerprint density at radius 3 is 2.59 bits per heavy atom. The third kappa shape index (κ3) is 3.08. The van der Waals surface area contributed by atoms with Gasteiger partial charge in [-0.25, -0.2) is 0 Å². The number of ether oxygens (including phenoxy) is 1. The zero-order valence-electron chi connectivity index (χ0n) is 11.1. The summed E-state index contributed by atoms with van der Waals surface area (Å²) < 4.78 is 5.57. The molecular weight excluding hydrogens is 210 g/mol. The van der Waals surface area contributed by atoms with Crippen LogP contribution in [0.25, 0.3) is 0 Å². The molecule has 1 aliphatic heterocycles. The van der Waals surface area contributed by atoms with Gasteiger partial charge in [0.15, 0.2) is 0 Å². The van der Waals surface area contributed by atoms with Crippen molar-refractivity contribution in [3.63, 3.8) is 0 Å². The van der Waals surface area contributed by atoms with Crippen LogP contribution < -0.4 is 5.32 Å². The van der Waals surface area contributed by atoms with Gasteiger partial charge in [0, 0.05) is 24.6 Å². The van der Waals surface area contributed by atoms with E-state index in [1.807, 2.05) is 0 Å². The van der Waals surface area contributed by atoms with Gasteiger partial charge < -0.3 is 10.1 Å². The summed E-state index contributed by atoms with van der Waals surface area (Å²) in [5.41, 5.74) is 1.56. The standard InChI is InChI=1S/C15H23NO/c1-12-14(9-10-17-12)16-11-15(2,3)13-7-5-4-6-8-13/h4-8,12,14,16H,9-11H2,1-3H3. The fourth-order valence-electron chi connectivity index (χ4n) is 2.38. The van der Waals surface area contributed by atoms with Crippen LogP contribution in [0.4, 0.5) is 0 Å². The topological polar surface area (TPSA) is 21.3 Å². The Labute approximate surface area is 104 Å². The van der Waals surface area contributed by atoms with Crippen molar-refractivity contribution in [2.24, 2.45) is 0 Å². The second-order valence-electron chi connectivity index (χ2n) is 5.60. The molecule has 0 aromatic heterocycles. The van der Waals surface area contributed by atoms with Gasteiger partial charge in [0.05, 0.1) is 6.10 Å². The van der Waals surface area contributed by atoms with Gasteiger partial charge in [0.25, 0.3) is 0 Å². The number of hydrogen-bond donors (Lipinski definition) is 1. The normalized spacial score (nSPS) is 25.1. The van der Waals surface area contributed by atoms with E-state index in [-0.39, 0.29) is 5.41 Å². The van der Waals surface area contributed by atoms with Gasteiger partial charge in [-0.05, 0) is 18.9 Å². The Hall–Kier alpha value is -0.860. The molecule has 2 heteroatoms. The fourth-order valence-corrected chi connectivity index (χ4v) is 2.38. The molecule has 94 valence electrons. The highest BCUT2D eigenvalue weighted by Crippen LogP contribution is 2.23. The first-order valence-electron chi connectivity index (χ1n) is 6.50. The Balaban J connectivity index is 1.93. The predicted molar refractivity (Wildman–Crippen MR) is 71.3 cm³/mol. The van der Waals surface area contributed by atoms with Crippen LogP contribution in [-0.4, -0.2) is 25.3 Å². The molecule has 2 unspecified atom stereocenters. The Morgan fingerprint density at radius 1 is 1.29 bits per heavy atom. The van der Waals surface area contributed by atoms with E-state index in [1.54, 1.807) is 0 Å². The van der Waals surface area contributed by atoms with Gasteiger partial charge >= 0.3 is 0 Å². The van der Waals surface area contributed by atoms with E-state index < -0.39 is 0 Å². The molecule has 1 aliphatic rings. The van der Waals surface area contributed by atoms with Crippen molar-refractivity contribution in [2.75, 3.05) is 13.2 Å². The summed E-state index contributed by atoms with van der Waals surface area (Å²) in [6, 6.07) is 11.2. The summed E-state index contributed by atoms with van der Waals surface area (Å²) in [5, 5.41) is 3.65. The molecule has 2 atom stereocenters. The van der Waals surface area contributed by atoms with Crippen LogP contribution in [0.15, 0.2) is 30.3 Å². The van der Waals surface area contributed by atoms with Gasteiger partial charge in [0.2, 0.25) is 0 Å². The van der Waals surface area contributed by atoms with Crippen molar-refractivity contribution in [3.05, 3.63) is 35.9 Å². The molecule has 0 radical (unpaired) electrons. The second-order valence-corrected chi connectivity index (χ2v) is 5.60. The molecule has 1 N–H and O–H groups in total. The van der Waals surface area contributed by atoms with E-state index >= 15 is 0 Å². The minimum Gasteiger partial charge on any atom is -0.377 e. The van der Waals surface area contributed by atoms with E-state index in [1.165, 1.54) is 5.56 Å². The van der Waals surface area contributed by atoms with Crippen LogP contribution in [0, 0.1) is 0 Å². The molecule has 1 saturated heterocycles. The molecule has 0 amide bonds. The van der Waals surface area contributed by atoms with Crippen molar-refractivity contribution in [2.45, 2.75) is 44.8 Å². The predicted octanol–water partition coefficient (Wildman–Crippen LogP) is 2.73. The summed E-state index contributed by atoms with van der Waals surface area (Å²) in [6.07, 6.45) is 1.48. The maximum Gasteiger partial charge on any atom is 0.0700 e. The fraction of sp³-hybridized carbons (Fsp3) is 0.600. The first kappa shape index (κ1) is 12.6. The van der Waals surface area contributed by atoms with Crippen LogP contribution >= 0.6 is 0 Å². The molecule has 1 fully saturated rings. The summed E-state index contributed by atoms with van der Waals surface area (Å²) in [6.45, 7) is 8.62. The van der Waals surface area contributed by atoms with E-state index in [0.717, 1.165) is 19.6 Å². The van der Waals surface area contributed by atoms with E-state index in [4.69, 9.17) is 4.74 Å². The monoisotopic (exact) mass is 233 g/mol. The molecule has 0 aliphatic carbocycles. The zero-order chi connectivity index (χ0) is 12.3. The van der Waals surface area contributed by atoms with E-state index in [0.29, 0.717) is 12.1 Å². The Morgan fingerprint density at radius 2 is 2.00 bits per heavy atom. The molecule has 2 nitrogen and oxygen atoms in total. The zero-order valence-corrected chi connectivity index (χ0v) is 11.1. The maximum absolute atomic E-state index is 5.57. The Kier molecular flexibility index (Phi) is 3.85. The lowest BCUT2D eigenvalue weighted by Crippen LogP contribution is -2.42. The average molecular weight is 233 g/mol. The van der Waals surface area contributed by atoms with Gasteiger partial charge in [-0.2, -0.15) is 0 Å². The molecule has 1 aromatic carbocycles. The highest BCUT2D eigenvalue weighted by Gasteiger charge is 2.27. The highest BCUT2D eigenvalue weighted by atomic mass is 16.5. The van der Waals surface area contributed by atoms with Crippen LogP contribution in [0.2, 0.25) is 0 Å². The summed E-state index contributed by atoms with van der Waals surface area (Å²) >= 11 is 0. The molecule has 0 bridgehead atoms. The Bertz CT molecular complexity index is 347. The van der Waals surface area contributed by atoms with Crippen LogP contribution in [-0.2, 0) is 10.2 Å². The quantitative estimate of drug-likeness (QED) is 0.863. The molecule has 17 heavy (non-hydrogen) atoms. The molecule has 2 rings (SSSR count). The third-order valence-electron chi connectivity index (χ3n) is 3.74. The first-order valence-corrected chi connectivity index (χ1v) is 6.50. The summed E-state index contributed by atoms with van der Waals surface area (Å²) in [4.78, 5) is 0. The number of hydrogen-bond acceptors (Lipinski definition) is 2. The van der Waals surface area contributed by atoms with Gasteiger partial charge in [-0.3, -0.25) is 0 Å². The highest BCUT2D eigenvalue weighted by molar-refractivity contribution is 5.23.